The smallest absolute Gasteiger partial charge is 0.138 e. The highest BCUT2D eigenvalue weighted by Crippen LogP contribution is 2.43. The first kappa shape index (κ1) is 12.8. The van der Waals surface area contributed by atoms with E-state index in [1.807, 2.05) is 13.8 Å². The van der Waals surface area contributed by atoms with Crippen molar-refractivity contribution in [1.29, 1.82) is 0 Å². The Morgan fingerprint density at radius 2 is 2.00 bits per heavy atom. The number of rotatable bonds is 1. The summed E-state index contributed by atoms with van der Waals surface area (Å²) in [6.45, 7) is 8.39. The number of carbonyl (C=O) groups is 1. The van der Waals surface area contributed by atoms with E-state index in [0.717, 1.165) is 19.3 Å². The third-order valence-corrected chi connectivity index (χ3v) is 4.18. The van der Waals surface area contributed by atoms with Crippen LogP contribution in [0.3, 0.4) is 0 Å². The quantitative estimate of drug-likeness (QED) is 0.650. The van der Waals surface area contributed by atoms with Crippen LogP contribution in [0.4, 0.5) is 0 Å². The fraction of sp³-hybridized carbons (Fsp3) is 0.800. The van der Waals surface area contributed by atoms with E-state index < -0.39 is 0 Å². The maximum absolute atomic E-state index is 11.9. The van der Waals surface area contributed by atoms with Crippen LogP contribution in [0.15, 0.2) is 11.6 Å². The molecule has 0 N–H and O–H groups in total. The molecule has 2 atom stereocenters. The van der Waals surface area contributed by atoms with Gasteiger partial charge >= 0.3 is 0 Å². The zero-order valence-electron chi connectivity index (χ0n) is 11.5. The molecule has 1 heterocycles. The summed E-state index contributed by atoms with van der Waals surface area (Å²) < 4.78 is 6.26. The molecule has 0 aromatic heterocycles. The molecule has 2 rings (SSSR count). The monoisotopic (exact) mass is 236 g/mol. The molecule has 96 valence electrons. The lowest BCUT2D eigenvalue weighted by Crippen LogP contribution is -2.51. The van der Waals surface area contributed by atoms with Crippen molar-refractivity contribution in [1.82, 2.24) is 0 Å². The Kier molecular flexibility index (Phi) is 3.19. The molecule has 0 unspecified atom stereocenters. The zero-order chi connectivity index (χ0) is 12.7. The van der Waals surface area contributed by atoms with E-state index in [9.17, 15) is 4.79 Å². The van der Waals surface area contributed by atoms with Gasteiger partial charge in [-0.1, -0.05) is 11.6 Å². The minimum absolute atomic E-state index is 0.254. The van der Waals surface area contributed by atoms with Gasteiger partial charge in [0.25, 0.3) is 0 Å². The molecule has 0 aromatic carbocycles. The number of hydrogen-bond acceptors (Lipinski definition) is 2. The number of Topliss-reactive ketones (excluding diaryl/α,β-unsaturated/α-hetero) is 1. The third kappa shape index (κ3) is 2.79. The molecule has 1 aliphatic heterocycles. The second-order valence-electron chi connectivity index (χ2n) is 6.59. The topological polar surface area (TPSA) is 26.3 Å². The maximum atomic E-state index is 11.9. The van der Waals surface area contributed by atoms with E-state index in [4.69, 9.17) is 4.74 Å². The van der Waals surface area contributed by atoms with Gasteiger partial charge in [0.15, 0.2) is 0 Å². The molecule has 0 saturated carbocycles. The Labute approximate surface area is 104 Å². The van der Waals surface area contributed by atoms with Crippen LogP contribution in [-0.4, -0.2) is 17.0 Å². The fourth-order valence-corrected chi connectivity index (χ4v) is 3.38. The first-order valence-corrected chi connectivity index (χ1v) is 6.68. The Bertz CT molecular complexity index is 354. The van der Waals surface area contributed by atoms with Gasteiger partial charge in [-0.25, -0.2) is 0 Å². The lowest BCUT2D eigenvalue weighted by atomic mass is 9.73. The summed E-state index contributed by atoms with van der Waals surface area (Å²) in [5, 5.41) is 0. The Morgan fingerprint density at radius 1 is 1.29 bits per heavy atom. The van der Waals surface area contributed by atoms with E-state index in [0.29, 0.717) is 24.5 Å². The molecule has 2 aliphatic rings. The first-order chi connectivity index (χ1) is 7.81. The summed E-state index contributed by atoms with van der Waals surface area (Å²) in [4.78, 5) is 11.9. The average Bonchev–Trinajstić information content (AvgIpc) is 2.14. The molecule has 2 nitrogen and oxygen atoms in total. The van der Waals surface area contributed by atoms with Crippen molar-refractivity contribution in [2.24, 2.45) is 5.92 Å². The molecule has 1 fully saturated rings. The molecular formula is C15H24O2. The van der Waals surface area contributed by atoms with Crippen LogP contribution in [0.1, 0.15) is 59.8 Å². The van der Waals surface area contributed by atoms with Crippen molar-refractivity contribution < 1.29 is 9.53 Å². The molecule has 0 radical (unpaired) electrons. The predicted molar refractivity (Wildman–Crippen MR) is 68.9 cm³/mol. The molecular weight excluding hydrogens is 212 g/mol. The fourth-order valence-electron chi connectivity index (χ4n) is 3.38. The number of carbonyl (C=O) groups excluding carboxylic acids is 1. The summed E-state index contributed by atoms with van der Waals surface area (Å²) >= 11 is 0. The van der Waals surface area contributed by atoms with Gasteiger partial charge in [-0.15, -0.1) is 0 Å². The van der Waals surface area contributed by atoms with E-state index in [1.165, 1.54) is 5.57 Å². The summed E-state index contributed by atoms with van der Waals surface area (Å²) in [6.07, 6.45) is 6.83. The summed E-state index contributed by atoms with van der Waals surface area (Å²) in [6, 6.07) is 0. The largest absolute Gasteiger partial charge is 0.368 e. The predicted octanol–water partition coefficient (Wildman–Crippen LogP) is 3.65. The van der Waals surface area contributed by atoms with E-state index in [2.05, 4.69) is 19.9 Å². The molecule has 17 heavy (non-hydrogen) atoms. The molecule has 1 aliphatic carbocycles. The van der Waals surface area contributed by atoms with Crippen molar-refractivity contribution >= 4 is 5.78 Å². The van der Waals surface area contributed by atoms with E-state index in [-0.39, 0.29) is 11.2 Å². The lowest BCUT2D eigenvalue weighted by Gasteiger charge is -2.47. The van der Waals surface area contributed by atoms with E-state index >= 15 is 0 Å². The van der Waals surface area contributed by atoms with Gasteiger partial charge in [0, 0.05) is 12.8 Å². The minimum atomic E-state index is -0.291. The molecule has 0 aromatic rings. The average molecular weight is 236 g/mol. The Hall–Kier alpha value is -0.630. The maximum Gasteiger partial charge on any atom is 0.138 e. The Balaban J connectivity index is 2.15. The van der Waals surface area contributed by atoms with Crippen LogP contribution >= 0.6 is 0 Å². The standard InChI is InChI=1S/C15H24O2/c1-11-5-7-12(8-6-11)15(4)10-13(16)9-14(2,3)17-15/h5,12H,6-10H2,1-4H3/t12-,15+/m0/s1. The minimum Gasteiger partial charge on any atom is -0.368 e. The number of hydrogen-bond donors (Lipinski definition) is 0. The number of ether oxygens (including phenoxy) is 1. The second kappa shape index (κ2) is 4.24. The van der Waals surface area contributed by atoms with Crippen LogP contribution in [0.2, 0.25) is 0 Å². The SMILES string of the molecule is CC1=CC[C@H]([C@@]2(C)CC(=O)CC(C)(C)O2)CC1. The highest BCUT2D eigenvalue weighted by atomic mass is 16.5. The first-order valence-electron chi connectivity index (χ1n) is 6.68. The van der Waals surface area contributed by atoms with Crippen LogP contribution in [0, 0.1) is 5.92 Å². The molecule has 2 heteroatoms. The highest BCUT2D eigenvalue weighted by molar-refractivity contribution is 5.81. The zero-order valence-corrected chi connectivity index (χ0v) is 11.5. The van der Waals surface area contributed by atoms with Crippen LogP contribution in [-0.2, 0) is 9.53 Å². The summed E-state index contributed by atoms with van der Waals surface area (Å²) in [5.74, 6) is 0.852. The van der Waals surface area contributed by atoms with Gasteiger partial charge < -0.3 is 4.74 Å². The van der Waals surface area contributed by atoms with Crippen molar-refractivity contribution in [3.05, 3.63) is 11.6 Å². The molecule has 0 bridgehead atoms. The van der Waals surface area contributed by atoms with Gasteiger partial charge in [0.2, 0.25) is 0 Å². The normalized spacial score (nSPS) is 37.8. The second-order valence-corrected chi connectivity index (χ2v) is 6.59. The van der Waals surface area contributed by atoms with Crippen LogP contribution in [0.5, 0.6) is 0 Å². The van der Waals surface area contributed by atoms with Gasteiger partial charge in [-0.05, 0) is 52.9 Å². The van der Waals surface area contributed by atoms with Gasteiger partial charge in [-0.2, -0.15) is 0 Å². The van der Waals surface area contributed by atoms with E-state index in [1.54, 1.807) is 0 Å². The Morgan fingerprint density at radius 3 is 2.53 bits per heavy atom. The van der Waals surface area contributed by atoms with Crippen LogP contribution in [0.25, 0.3) is 0 Å². The highest BCUT2D eigenvalue weighted by Gasteiger charge is 2.46. The number of ketones is 1. The summed E-state index contributed by atoms with van der Waals surface area (Å²) in [7, 11) is 0. The molecule has 1 saturated heterocycles. The van der Waals surface area contributed by atoms with Gasteiger partial charge in [-0.3, -0.25) is 4.79 Å². The lowest BCUT2D eigenvalue weighted by molar-refractivity contribution is -0.192. The number of allylic oxidation sites excluding steroid dienone is 2. The van der Waals surface area contributed by atoms with Crippen molar-refractivity contribution in [2.75, 3.05) is 0 Å². The van der Waals surface area contributed by atoms with Gasteiger partial charge in [0.05, 0.1) is 11.2 Å². The molecule has 0 spiro atoms. The van der Waals surface area contributed by atoms with Crippen LogP contribution < -0.4 is 0 Å². The van der Waals surface area contributed by atoms with Crippen molar-refractivity contribution in [2.45, 2.75) is 71.0 Å². The third-order valence-electron chi connectivity index (χ3n) is 4.18. The van der Waals surface area contributed by atoms with Gasteiger partial charge in [0.1, 0.15) is 5.78 Å². The van der Waals surface area contributed by atoms with Crippen molar-refractivity contribution in [3.8, 4) is 0 Å². The summed E-state index contributed by atoms with van der Waals surface area (Å²) in [5.41, 5.74) is 0.933. The van der Waals surface area contributed by atoms with Crippen molar-refractivity contribution in [3.63, 3.8) is 0 Å². The molecule has 0 amide bonds.